The molecule has 0 aromatic heterocycles. The Morgan fingerprint density at radius 3 is 2.43 bits per heavy atom. The molecule has 2 aliphatic heterocycles. The highest BCUT2D eigenvalue weighted by atomic mass is 16.5. The summed E-state index contributed by atoms with van der Waals surface area (Å²) in [4.78, 5) is 17.7. The summed E-state index contributed by atoms with van der Waals surface area (Å²) in [5.74, 6) is 0.963. The van der Waals surface area contributed by atoms with Gasteiger partial charge in [0.05, 0.1) is 13.0 Å². The van der Waals surface area contributed by atoms with E-state index < -0.39 is 0 Å². The Balaban J connectivity index is 0.00000155. The van der Waals surface area contributed by atoms with Crippen LogP contribution in [-0.2, 0) is 9.53 Å². The van der Waals surface area contributed by atoms with Gasteiger partial charge in [-0.3, -0.25) is 4.79 Å². The number of carbonyl (C=O) groups excluding carboxylic acids is 1. The molecule has 0 amide bonds. The maximum Gasteiger partial charge on any atom is 0.310 e. The number of carbonyl (C=O) groups is 1. The Bertz CT molecular complexity index is 581. The average Bonchev–Trinajstić information content (AvgIpc) is 3.15. The molecule has 1 saturated carbocycles. The van der Waals surface area contributed by atoms with Crippen LogP contribution in [0, 0.1) is 30.1 Å². The van der Waals surface area contributed by atoms with Gasteiger partial charge in [-0.2, -0.15) is 0 Å². The molecule has 2 saturated heterocycles. The van der Waals surface area contributed by atoms with Crippen LogP contribution in [0.2, 0.25) is 0 Å². The standard InChI is InChI=1S/C24H40N2O2.C2H2/c1-3-4-5-6-10-15-26-19-22(23(27)28-2)24(20-26)13-16-25(17-14-24)18-21-11-8-7-9-12-21;1-2/h3-6,21-22H,7-20H2,1-2H3;1-2H/b4-3-,6-5-;. The second-order valence-electron chi connectivity index (χ2n) is 9.22. The Morgan fingerprint density at radius 1 is 1.10 bits per heavy atom. The van der Waals surface area contributed by atoms with E-state index in [0.717, 1.165) is 57.9 Å². The lowest BCUT2D eigenvalue weighted by atomic mass is 9.70. The highest BCUT2D eigenvalue weighted by molar-refractivity contribution is 5.74. The van der Waals surface area contributed by atoms with Crippen LogP contribution >= 0.6 is 0 Å². The van der Waals surface area contributed by atoms with Crippen LogP contribution in [0.15, 0.2) is 24.3 Å². The number of piperidine rings is 1. The number of hydrogen-bond donors (Lipinski definition) is 0. The maximum atomic E-state index is 12.6. The van der Waals surface area contributed by atoms with Gasteiger partial charge in [0.15, 0.2) is 0 Å². The molecular formula is C26H42N2O2. The van der Waals surface area contributed by atoms with E-state index in [9.17, 15) is 4.79 Å². The minimum Gasteiger partial charge on any atom is -0.469 e. The number of allylic oxidation sites excluding steroid dienone is 3. The third-order valence-corrected chi connectivity index (χ3v) is 7.35. The summed E-state index contributed by atoms with van der Waals surface area (Å²) >= 11 is 0. The van der Waals surface area contributed by atoms with Crippen LogP contribution < -0.4 is 0 Å². The smallest absolute Gasteiger partial charge is 0.310 e. The first-order valence-corrected chi connectivity index (χ1v) is 11.8. The Hall–Kier alpha value is -1.57. The predicted octanol–water partition coefficient (Wildman–Crippen LogP) is 4.53. The van der Waals surface area contributed by atoms with Crippen LogP contribution in [-0.4, -0.2) is 62.1 Å². The lowest BCUT2D eigenvalue weighted by Crippen LogP contribution is -2.47. The van der Waals surface area contributed by atoms with E-state index in [4.69, 9.17) is 4.74 Å². The number of terminal acetylenes is 1. The number of hydrogen-bond acceptors (Lipinski definition) is 4. The van der Waals surface area contributed by atoms with Crippen molar-refractivity contribution in [1.29, 1.82) is 0 Å². The molecule has 0 radical (unpaired) electrons. The lowest BCUT2D eigenvalue weighted by Gasteiger charge is -2.43. The van der Waals surface area contributed by atoms with E-state index in [1.807, 2.05) is 6.92 Å². The topological polar surface area (TPSA) is 32.8 Å². The Kier molecular flexibility index (Phi) is 10.7. The highest BCUT2D eigenvalue weighted by Crippen LogP contribution is 2.45. The maximum absolute atomic E-state index is 12.6. The molecule has 1 spiro atoms. The van der Waals surface area contributed by atoms with Crippen LogP contribution in [0.4, 0.5) is 0 Å². The molecule has 1 atom stereocenters. The van der Waals surface area contributed by atoms with Gasteiger partial charge in [0, 0.05) is 31.6 Å². The van der Waals surface area contributed by atoms with Gasteiger partial charge in [0.2, 0.25) is 0 Å². The van der Waals surface area contributed by atoms with E-state index in [1.54, 1.807) is 7.11 Å². The third-order valence-electron chi connectivity index (χ3n) is 7.35. The molecule has 0 aromatic carbocycles. The van der Waals surface area contributed by atoms with E-state index in [-0.39, 0.29) is 17.3 Å². The van der Waals surface area contributed by atoms with Crippen LogP contribution in [0.1, 0.15) is 58.3 Å². The molecule has 1 aliphatic carbocycles. The second kappa shape index (κ2) is 13.0. The van der Waals surface area contributed by atoms with Crippen molar-refractivity contribution in [2.75, 3.05) is 46.4 Å². The summed E-state index contributed by atoms with van der Waals surface area (Å²) < 4.78 is 5.21. The molecule has 0 aromatic rings. The molecule has 3 rings (SSSR count). The van der Waals surface area contributed by atoms with Crippen LogP contribution in [0.3, 0.4) is 0 Å². The first-order valence-electron chi connectivity index (χ1n) is 11.8. The van der Waals surface area contributed by atoms with Crippen LogP contribution in [0.5, 0.6) is 0 Å². The lowest BCUT2D eigenvalue weighted by molar-refractivity contribution is -0.149. The summed E-state index contributed by atoms with van der Waals surface area (Å²) in [5, 5.41) is 0. The van der Waals surface area contributed by atoms with E-state index in [0.29, 0.717) is 0 Å². The fourth-order valence-electron chi connectivity index (χ4n) is 5.67. The molecule has 30 heavy (non-hydrogen) atoms. The largest absolute Gasteiger partial charge is 0.469 e. The summed E-state index contributed by atoms with van der Waals surface area (Å²) in [6, 6.07) is 0. The minimum atomic E-state index is 0.00712. The molecule has 1 unspecified atom stereocenters. The van der Waals surface area contributed by atoms with Gasteiger partial charge in [0.25, 0.3) is 0 Å². The fraction of sp³-hybridized carbons (Fsp3) is 0.731. The zero-order valence-electron chi connectivity index (χ0n) is 19.2. The van der Waals surface area contributed by atoms with Crippen molar-refractivity contribution in [3.05, 3.63) is 24.3 Å². The molecule has 4 heteroatoms. The zero-order chi connectivity index (χ0) is 21.8. The van der Waals surface area contributed by atoms with Crippen molar-refractivity contribution < 1.29 is 9.53 Å². The molecule has 3 fully saturated rings. The van der Waals surface area contributed by atoms with Crippen molar-refractivity contribution in [2.24, 2.45) is 17.3 Å². The van der Waals surface area contributed by atoms with Gasteiger partial charge in [-0.15, -0.1) is 12.8 Å². The zero-order valence-corrected chi connectivity index (χ0v) is 19.2. The monoisotopic (exact) mass is 414 g/mol. The molecule has 168 valence electrons. The number of ether oxygens (including phenoxy) is 1. The summed E-state index contributed by atoms with van der Waals surface area (Å²) in [5.41, 5.74) is 0.128. The number of esters is 1. The molecular weight excluding hydrogens is 372 g/mol. The van der Waals surface area contributed by atoms with Crippen molar-refractivity contribution in [2.45, 2.75) is 58.3 Å². The molecule has 4 nitrogen and oxygen atoms in total. The quantitative estimate of drug-likeness (QED) is 0.348. The number of likely N-dealkylation sites (tertiary alicyclic amines) is 2. The fourth-order valence-corrected chi connectivity index (χ4v) is 5.67. The minimum absolute atomic E-state index is 0.00712. The van der Waals surface area contributed by atoms with E-state index in [1.165, 1.54) is 38.6 Å². The predicted molar refractivity (Wildman–Crippen MR) is 125 cm³/mol. The third kappa shape index (κ3) is 6.72. The molecule has 2 heterocycles. The van der Waals surface area contributed by atoms with Crippen molar-refractivity contribution in [3.8, 4) is 12.8 Å². The summed E-state index contributed by atoms with van der Waals surface area (Å²) in [6.07, 6.45) is 26.9. The summed E-state index contributed by atoms with van der Waals surface area (Å²) in [7, 11) is 1.55. The van der Waals surface area contributed by atoms with Gasteiger partial charge >= 0.3 is 5.97 Å². The average molecular weight is 415 g/mol. The van der Waals surface area contributed by atoms with Gasteiger partial charge in [0.1, 0.15) is 0 Å². The molecule has 0 bridgehead atoms. The van der Waals surface area contributed by atoms with E-state index >= 15 is 0 Å². The normalized spacial score (nSPS) is 25.5. The number of methoxy groups -OCH3 is 1. The van der Waals surface area contributed by atoms with E-state index in [2.05, 4.69) is 47.0 Å². The first kappa shape index (κ1) is 24.7. The first-order chi connectivity index (χ1) is 14.7. The van der Waals surface area contributed by atoms with Crippen molar-refractivity contribution >= 4 is 5.97 Å². The SMILES string of the molecule is C#C.C/C=C\C=C/CCN1CC(C(=O)OC)C2(CCN(CC3CCCCC3)CC2)C1. The number of rotatable bonds is 7. The highest BCUT2D eigenvalue weighted by Gasteiger charge is 2.51. The summed E-state index contributed by atoms with van der Waals surface area (Å²) in [6.45, 7) is 8.58. The number of nitrogens with zero attached hydrogens (tertiary/aromatic N) is 2. The molecule has 3 aliphatic rings. The van der Waals surface area contributed by atoms with Gasteiger partial charge < -0.3 is 14.5 Å². The van der Waals surface area contributed by atoms with Crippen LogP contribution in [0.25, 0.3) is 0 Å². The van der Waals surface area contributed by atoms with Gasteiger partial charge in [-0.25, -0.2) is 0 Å². The Labute approximate surface area is 184 Å². The van der Waals surface area contributed by atoms with Crippen molar-refractivity contribution in [3.63, 3.8) is 0 Å². The molecule has 0 N–H and O–H groups in total. The van der Waals surface area contributed by atoms with Gasteiger partial charge in [-0.1, -0.05) is 43.6 Å². The van der Waals surface area contributed by atoms with Gasteiger partial charge in [-0.05, 0) is 58.0 Å². The Morgan fingerprint density at radius 2 is 1.80 bits per heavy atom. The van der Waals surface area contributed by atoms with Crippen molar-refractivity contribution in [1.82, 2.24) is 9.80 Å². The second-order valence-corrected chi connectivity index (χ2v) is 9.22.